The second-order valence-corrected chi connectivity index (χ2v) is 6.85. The predicted molar refractivity (Wildman–Crippen MR) is 100 cm³/mol. The molecule has 1 aliphatic rings. The molecule has 1 aliphatic carbocycles. The molecule has 0 radical (unpaired) electrons. The van der Waals surface area contributed by atoms with Crippen molar-refractivity contribution in [3.63, 3.8) is 0 Å². The molecule has 0 saturated heterocycles. The Morgan fingerprint density at radius 3 is 2.85 bits per heavy atom. The van der Waals surface area contributed by atoms with Crippen LogP contribution in [0.1, 0.15) is 26.7 Å². The van der Waals surface area contributed by atoms with Gasteiger partial charge in [0.2, 0.25) is 11.8 Å². The molecule has 0 aliphatic heterocycles. The van der Waals surface area contributed by atoms with Crippen LogP contribution in [0.15, 0.2) is 42.5 Å². The van der Waals surface area contributed by atoms with Gasteiger partial charge in [0.25, 0.3) is 0 Å². The highest BCUT2D eigenvalue weighted by Gasteiger charge is 2.33. The zero-order chi connectivity index (χ0) is 19.0. The van der Waals surface area contributed by atoms with Crippen molar-refractivity contribution in [1.29, 1.82) is 0 Å². The van der Waals surface area contributed by atoms with E-state index < -0.39 is 0 Å². The van der Waals surface area contributed by atoms with Gasteiger partial charge in [-0.1, -0.05) is 6.08 Å². The van der Waals surface area contributed by atoms with Crippen molar-refractivity contribution in [1.82, 2.24) is 29.7 Å². The van der Waals surface area contributed by atoms with Crippen LogP contribution in [0.5, 0.6) is 5.88 Å². The quantitative estimate of drug-likeness (QED) is 0.699. The third kappa shape index (κ3) is 3.42. The Kier molecular flexibility index (Phi) is 4.39. The van der Waals surface area contributed by atoms with Gasteiger partial charge in [-0.2, -0.15) is 10.2 Å². The lowest BCUT2D eigenvalue weighted by Crippen LogP contribution is -2.49. The van der Waals surface area contributed by atoms with E-state index in [0.29, 0.717) is 5.88 Å². The maximum Gasteiger partial charge on any atom is 0.246 e. The molecule has 8 nitrogen and oxygen atoms in total. The highest BCUT2D eigenvalue weighted by molar-refractivity contribution is 5.92. The highest BCUT2D eigenvalue weighted by Crippen LogP contribution is 2.29. The van der Waals surface area contributed by atoms with E-state index in [0.717, 1.165) is 35.2 Å². The van der Waals surface area contributed by atoms with Gasteiger partial charge in [-0.05, 0) is 19.9 Å². The van der Waals surface area contributed by atoms with Crippen LogP contribution in [-0.2, 0) is 11.8 Å². The fourth-order valence-corrected chi connectivity index (χ4v) is 3.05. The van der Waals surface area contributed by atoms with E-state index in [-0.39, 0.29) is 18.1 Å². The maximum absolute atomic E-state index is 11.9. The van der Waals surface area contributed by atoms with E-state index in [9.17, 15) is 4.79 Å². The molecule has 0 spiro atoms. The van der Waals surface area contributed by atoms with E-state index in [2.05, 4.69) is 20.5 Å². The SMILES string of the molecule is CC=C(C)C(=O)N[C@H]1C[C@H](Oc2nc(-c3cnn(C)c3)cn3nccc23)C1. The third-order valence-electron chi connectivity index (χ3n) is 4.86. The second kappa shape index (κ2) is 6.86. The van der Waals surface area contributed by atoms with E-state index in [1.165, 1.54) is 0 Å². The van der Waals surface area contributed by atoms with Gasteiger partial charge in [0.15, 0.2) is 0 Å². The summed E-state index contributed by atoms with van der Waals surface area (Å²) in [5, 5.41) is 11.5. The summed E-state index contributed by atoms with van der Waals surface area (Å²) in [4.78, 5) is 16.6. The fourth-order valence-electron chi connectivity index (χ4n) is 3.05. The van der Waals surface area contributed by atoms with Gasteiger partial charge >= 0.3 is 0 Å². The Morgan fingerprint density at radius 1 is 1.33 bits per heavy atom. The molecule has 1 N–H and O–H groups in total. The zero-order valence-electron chi connectivity index (χ0n) is 15.6. The molecular weight excluding hydrogens is 344 g/mol. The Morgan fingerprint density at radius 2 is 2.15 bits per heavy atom. The summed E-state index contributed by atoms with van der Waals surface area (Å²) in [5.74, 6) is 0.532. The number of carbonyl (C=O) groups excluding carboxylic acids is 1. The number of carbonyl (C=O) groups is 1. The number of amides is 1. The number of aryl methyl sites for hydroxylation is 1. The topological polar surface area (TPSA) is 86.3 Å². The molecule has 3 aromatic rings. The minimum absolute atomic E-state index is 0.0177. The molecule has 140 valence electrons. The molecule has 0 unspecified atom stereocenters. The smallest absolute Gasteiger partial charge is 0.246 e. The summed E-state index contributed by atoms with van der Waals surface area (Å²) >= 11 is 0. The summed E-state index contributed by atoms with van der Waals surface area (Å²) in [5.41, 5.74) is 3.20. The van der Waals surface area contributed by atoms with E-state index in [1.807, 2.05) is 45.4 Å². The second-order valence-electron chi connectivity index (χ2n) is 6.85. The molecule has 1 fully saturated rings. The maximum atomic E-state index is 11.9. The van der Waals surface area contributed by atoms with Crippen molar-refractivity contribution in [2.45, 2.75) is 38.8 Å². The number of nitrogens with zero attached hydrogens (tertiary/aromatic N) is 5. The van der Waals surface area contributed by atoms with E-state index >= 15 is 0 Å². The first-order chi connectivity index (χ1) is 13.0. The highest BCUT2D eigenvalue weighted by atomic mass is 16.5. The summed E-state index contributed by atoms with van der Waals surface area (Å²) in [6.45, 7) is 3.67. The van der Waals surface area contributed by atoms with Gasteiger partial charge in [0.05, 0.1) is 24.3 Å². The molecule has 0 aromatic carbocycles. The Hall–Kier alpha value is -3.16. The van der Waals surface area contributed by atoms with Crippen LogP contribution in [0.25, 0.3) is 16.8 Å². The van der Waals surface area contributed by atoms with Crippen molar-refractivity contribution < 1.29 is 9.53 Å². The summed E-state index contributed by atoms with van der Waals surface area (Å²) in [6.07, 6.45) is 10.6. The molecule has 1 amide bonds. The monoisotopic (exact) mass is 366 g/mol. The van der Waals surface area contributed by atoms with E-state index in [1.54, 1.807) is 21.6 Å². The number of aromatic nitrogens is 5. The van der Waals surface area contributed by atoms with Gasteiger partial charge in [0, 0.05) is 43.3 Å². The lowest BCUT2D eigenvalue weighted by molar-refractivity contribution is -0.119. The molecule has 3 aromatic heterocycles. The number of allylic oxidation sites excluding steroid dienone is 1. The fraction of sp³-hybridized carbons (Fsp3) is 0.368. The number of hydrogen-bond acceptors (Lipinski definition) is 5. The van der Waals surface area contributed by atoms with Crippen molar-refractivity contribution in [2.75, 3.05) is 0 Å². The van der Waals surface area contributed by atoms with Crippen LogP contribution in [-0.4, -0.2) is 42.4 Å². The lowest BCUT2D eigenvalue weighted by Gasteiger charge is -2.35. The molecule has 4 rings (SSSR count). The zero-order valence-corrected chi connectivity index (χ0v) is 15.6. The minimum atomic E-state index is -0.0177. The van der Waals surface area contributed by atoms with Crippen LogP contribution in [0.2, 0.25) is 0 Å². The van der Waals surface area contributed by atoms with Crippen LogP contribution in [0.4, 0.5) is 0 Å². The van der Waals surface area contributed by atoms with Gasteiger partial charge in [-0.25, -0.2) is 9.50 Å². The van der Waals surface area contributed by atoms with Crippen molar-refractivity contribution >= 4 is 11.4 Å². The molecule has 3 heterocycles. The van der Waals surface area contributed by atoms with Crippen molar-refractivity contribution in [3.8, 4) is 17.1 Å². The number of nitrogens with one attached hydrogen (secondary N) is 1. The summed E-state index contributed by atoms with van der Waals surface area (Å²) in [6, 6.07) is 2.02. The molecular formula is C19H22N6O2. The molecule has 0 bridgehead atoms. The number of fused-ring (bicyclic) bond motifs is 1. The van der Waals surface area contributed by atoms with Crippen LogP contribution < -0.4 is 10.1 Å². The van der Waals surface area contributed by atoms with Gasteiger partial charge in [-0.15, -0.1) is 0 Å². The summed E-state index contributed by atoms with van der Waals surface area (Å²) in [7, 11) is 1.87. The molecule has 0 atom stereocenters. The van der Waals surface area contributed by atoms with Crippen LogP contribution >= 0.6 is 0 Å². The largest absolute Gasteiger partial charge is 0.473 e. The Bertz CT molecular complexity index is 1010. The third-order valence-corrected chi connectivity index (χ3v) is 4.86. The normalized spacial score (nSPS) is 19.7. The van der Waals surface area contributed by atoms with Gasteiger partial charge in [0.1, 0.15) is 11.6 Å². The molecule has 1 saturated carbocycles. The van der Waals surface area contributed by atoms with Gasteiger partial charge < -0.3 is 10.1 Å². The first-order valence-corrected chi connectivity index (χ1v) is 8.97. The average molecular weight is 366 g/mol. The Balaban J connectivity index is 1.48. The van der Waals surface area contributed by atoms with Crippen molar-refractivity contribution in [2.24, 2.45) is 7.05 Å². The predicted octanol–water partition coefficient (Wildman–Crippen LogP) is 2.12. The average Bonchev–Trinajstić information content (AvgIpc) is 3.27. The molecule has 27 heavy (non-hydrogen) atoms. The summed E-state index contributed by atoms with van der Waals surface area (Å²) < 4.78 is 9.62. The lowest BCUT2D eigenvalue weighted by atomic mass is 9.89. The Labute approximate surface area is 156 Å². The standard InChI is InChI=1S/C19H22N6O2/c1-4-12(2)18(26)22-14-7-15(8-14)27-19-17-5-6-20-25(17)11-16(23-19)13-9-21-24(3)10-13/h4-6,9-11,14-15H,7-8H2,1-3H3,(H,22,26)/t14-,15-. The van der Waals surface area contributed by atoms with Crippen LogP contribution in [0, 0.1) is 0 Å². The van der Waals surface area contributed by atoms with Gasteiger partial charge in [-0.3, -0.25) is 9.48 Å². The number of rotatable bonds is 5. The van der Waals surface area contributed by atoms with Crippen molar-refractivity contribution in [3.05, 3.63) is 42.5 Å². The number of hydrogen-bond donors (Lipinski definition) is 1. The first-order valence-electron chi connectivity index (χ1n) is 8.97. The molecule has 8 heteroatoms. The van der Waals surface area contributed by atoms with E-state index in [4.69, 9.17) is 4.74 Å². The van der Waals surface area contributed by atoms with Crippen LogP contribution in [0.3, 0.4) is 0 Å². The first kappa shape index (κ1) is 17.3. The minimum Gasteiger partial charge on any atom is -0.473 e. The number of ether oxygens (including phenoxy) is 1.